The fraction of sp³-hybridized carbons (Fsp3) is 0.962. The van der Waals surface area contributed by atoms with Gasteiger partial charge in [0.25, 0.3) is 0 Å². The van der Waals surface area contributed by atoms with Crippen LogP contribution in [-0.4, -0.2) is 231 Å². The van der Waals surface area contributed by atoms with Gasteiger partial charge in [0.1, 0.15) is 85.5 Å². The first-order valence-electron chi connectivity index (χ1n) is 27.4. The number of fused-ring (bicyclic) bond motifs is 5. The van der Waals surface area contributed by atoms with Gasteiger partial charge in [0.2, 0.25) is 12.6 Å². The van der Waals surface area contributed by atoms with E-state index in [9.17, 15) is 76.6 Å². The van der Waals surface area contributed by atoms with Crippen LogP contribution in [0.3, 0.4) is 0 Å². The van der Waals surface area contributed by atoms with Crippen molar-refractivity contribution in [3.05, 3.63) is 11.6 Å². The van der Waals surface area contributed by atoms with Gasteiger partial charge in [-0.3, -0.25) is 0 Å². The monoisotopic (exact) mass is 1100 g/mol. The summed E-state index contributed by atoms with van der Waals surface area (Å²) < 4.78 is 35.8. The maximum atomic E-state index is 11.8. The third-order valence-electron chi connectivity index (χ3n) is 20.0. The molecule has 0 bridgehead atoms. The highest BCUT2D eigenvalue weighted by atomic mass is 17.3. The largest absolute Gasteiger partial charge is 0.394 e. The third-order valence-corrected chi connectivity index (χ3v) is 20.0. The Morgan fingerprint density at radius 1 is 0.645 bits per heavy atom. The molecule has 0 aromatic heterocycles. The molecule has 0 radical (unpaired) electrons. The van der Waals surface area contributed by atoms with Crippen molar-refractivity contribution in [3.63, 3.8) is 0 Å². The maximum Gasteiger partial charge on any atom is 0.221 e. The second-order valence-electron chi connectivity index (χ2n) is 25.2. The summed E-state index contributed by atoms with van der Waals surface area (Å²) in [6, 6.07) is 0. The molecule has 15 N–H and O–H groups in total. The van der Waals surface area contributed by atoms with Crippen LogP contribution in [0.5, 0.6) is 0 Å². The number of hydrogen-bond donors (Lipinski definition) is 15. The van der Waals surface area contributed by atoms with Gasteiger partial charge in [-0.25, -0.2) is 0 Å². The standard InChI is InChI=1S/C53H92O23/c1-23(25-16-17-53(9)31-13-11-26-27(51(31,7)18-19-52(25,53)8)12-15-32(49(26,3)4)72-45-41(65)38(62)35(59)28(20-54)69-45)10-14-33(50(5,6)68)73-48(76-75-47-43(67)40(64)37(61)30(22-56)71-47)44(34(58)24(2)57)74-46-42(66)39(63)36(60)29(21-55)70-46/h11,23-25,27-48,54-68H,10,12-22H2,1-9H3. The predicted molar refractivity (Wildman–Crippen MR) is 263 cm³/mol. The van der Waals surface area contributed by atoms with Crippen molar-refractivity contribution >= 4 is 0 Å². The van der Waals surface area contributed by atoms with E-state index in [4.69, 9.17) is 38.2 Å². The van der Waals surface area contributed by atoms with E-state index < -0.39 is 154 Å². The first-order valence-corrected chi connectivity index (χ1v) is 27.4. The smallest absolute Gasteiger partial charge is 0.221 e. The van der Waals surface area contributed by atoms with Gasteiger partial charge in [0, 0.05) is 5.41 Å². The molecule has 3 aliphatic heterocycles. The van der Waals surface area contributed by atoms with Crippen LogP contribution in [0.4, 0.5) is 0 Å². The van der Waals surface area contributed by atoms with Crippen LogP contribution in [0.15, 0.2) is 11.6 Å². The molecule has 0 aromatic carbocycles. The van der Waals surface area contributed by atoms with Crippen molar-refractivity contribution in [2.75, 3.05) is 19.8 Å². The van der Waals surface area contributed by atoms with E-state index in [0.717, 1.165) is 38.5 Å². The van der Waals surface area contributed by atoms with E-state index in [0.29, 0.717) is 18.8 Å². The minimum Gasteiger partial charge on any atom is -0.394 e. The minimum atomic E-state index is -2.03. The lowest BCUT2D eigenvalue weighted by Gasteiger charge is -2.66. The van der Waals surface area contributed by atoms with Gasteiger partial charge in [-0.1, -0.05) is 53.2 Å². The number of rotatable bonds is 20. The van der Waals surface area contributed by atoms with Crippen LogP contribution < -0.4 is 0 Å². The van der Waals surface area contributed by atoms with Crippen LogP contribution in [0, 0.1) is 45.3 Å². The Labute approximate surface area is 445 Å². The van der Waals surface area contributed by atoms with Crippen molar-refractivity contribution in [2.45, 2.75) is 255 Å². The predicted octanol–water partition coefficient (Wildman–Crippen LogP) is -1.65. The fourth-order valence-electron chi connectivity index (χ4n) is 14.9. The molecule has 3 saturated carbocycles. The molecule has 0 amide bonds. The molecule has 4 aliphatic carbocycles. The van der Waals surface area contributed by atoms with E-state index in [1.54, 1.807) is 0 Å². The number of aliphatic hydroxyl groups is 15. The summed E-state index contributed by atoms with van der Waals surface area (Å²) >= 11 is 0. The molecule has 0 aromatic rings. The van der Waals surface area contributed by atoms with Crippen molar-refractivity contribution in [1.82, 2.24) is 0 Å². The van der Waals surface area contributed by atoms with E-state index in [2.05, 4.69) is 47.6 Å². The number of hydrogen-bond acceptors (Lipinski definition) is 23. The zero-order chi connectivity index (χ0) is 56.4. The van der Waals surface area contributed by atoms with Gasteiger partial charge in [-0.05, 0) is 118 Å². The van der Waals surface area contributed by atoms with Gasteiger partial charge in [-0.2, -0.15) is 9.78 Å². The first-order chi connectivity index (χ1) is 35.4. The lowest BCUT2D eigenvalue weighted by atomic mass is 9.39. The molecule has 28 atom stereocenters. The fourth-order valence-corrected chi connectivity index (χ4v) is 14.9. The van der Waals surface area contributed by atoms with Crippen molar-refractivity contribution in [3.8, 4) is 0 Å². The van der Waals surface area contributed by atoms with Crippen LogP contribution >= 0.6 is 0 Å². The van der Waals surface area contributed by atoms with Gasteiger partial charge in [-0.15, -0.1) is 0 Å². The average Bonchev–Trinajstić information content (AvgIpc) is 3.67. The first kappa shape index (κ1) is 62.4. The summed E-state index contributed by atoms with van der Waals surface area (Å²) in [6.45, 7) is 15.8. The summed E-state index contributed by atoms with van der Waals surface area (Å²) in [6.07, 6.45) is -24.5. The summed E-state index contributed by atoms with van der Waals surface area (Å²) in [7, 11) is 0. The molecule has 23 nitrogen and oxygen atoms in total. The normalized spacial score (nSPS) is 47.1. The lowest BCUT2D eigenvalue weighted by molar-refractivity contribution is -0.486. The zero-order valence-corrected chi connectivity index (χ0v) is 45.5. The average molecular weight is 1100 g/mol. The van der Waals surface area contributed by atoms with Crippen molar-refractivity contribution < 1.29 is 115 Å². The highest BCUT2D eigenvalue weighted by Crippen LogP contribution is 2.75. The van der Waals surface area contributed by atoms with Gasteiger partial charge in [0.05, 0.1) is 43.7 Å². The lowest BCUT2D eigenvalue weighted by Crippen LogP contribution is -2.62. The Morgan fingerprint density at radius 3 is 1.71 bits per heavy atom. The molecule has 7 rings (SSSR count). The highest BCUT2D eigenvalue weighted by molar-refractivity contribution is 5.30. The van der Waals surface area contributed by atoms with Crippen molar-refractivity contribution in [2.24, 2.45) is 45.3 Å². The molecular weight excluding hydrogens is 1000 g/mol. The van der Waals surface area contributed by atoms with Crippen LogP contribution in [0.2, 0.25) is 0 Å². The maximum absolute atomic E-state index is 11.8. The molecule has 6 fully saturated rings. The summed E-state index contributed by atoms with van der Waals surface area (Å²) in [5.41, 5.74) is -1.01. The SMILES string of the molecule is CC(O)C(O)C(OC1OC(CO)C(O)C(O)C1O)C(OOC1OC(CO)C(O)C(O)C1O)OC(CCC(C)C1CCC2(C)C3CC=C4C(CCC(OC5OC(CO)C(O)C(O)C5O)C4(C)C)C3(C)CCC12C)C(C)(C)O. The van der Waals surface area contributed by atoms with Gasteiger partial charge >= 0.3 is 0 Å². The summed E-state index contributed by atoms with van der Waals surface area (Å²) in [4.78, 5) is 11.2. The Bertz CT molecular complexity index is 1920. The molecule has 3 heterocycles. The molecule has 28 unspecified atom stereocenters. The minimum absolute atomic E-state index is 0.0424. The molecule has 442 valence electrons. The van der Waals surface area contributed by atoms with E-state index in [-0.39, 0.29) is 46.5 Å². The van der Waals surface area contributed by atoms with Gasteiger partial charge in [0.15, 0.2) is 12.6 Å². The Balaban J connectivity index is 1.09. The molecule has 7 aliphatic rings. The molecule has 3 saturated heterocycles. The quantitative estimate of drug-likeness (QED) is 0.0281. The molecule has 23 heteroatoms. The van der Waals surface area contributed by atoms with Crippen LogP contribution in [0.1, 0.15) is 120 Å². The second-order valence-corrected chi connectivity index (χ2v) is 25.2. The zero-order valence-electron chi connectivity index (χ0n) is 45.5. The van der Waals surface area contributed by atoms with E-state index in [1.165, 1.54) is 26.3 Å². The van der Waals surface area contributed by atoms with Crippen molar-refractivity contribution in [1.29, 1.82) is 0 Å². The van der Waals surface area contributed by atoms with E-state index >= 15 is 0 Å². The molecular formula is C53H92O23. The topological polar surface area (TPSA) is 377 Å². The highest BCUT2D eigenvalue weighted by Gasteiger charge is 2.68. The Kier molecular flexibility index (Phi) is 19.7. The number of aliphatic hydroxyl groups excluding tert-OH is 14. The number of ether oxygens (including phenoxy) is 6. The van der Waals surface area contributed by atoms with Crippen LogP contribution in [-0.2, 0) is 38.2 Å². The van der Waals surface area contributed by atoms with Gasteiger partial charge < -0.3 is 105 Å². The molecule has 76 heavy (non-hydrogen) atoms. The third kappa shape index (κ3) is 11.5. The van der Waals surface area contributed by atoms with E-state index in [1.807, 2.05) is 0 Å². The Morgan fingerprint density at radius 2 is 1.17 bits per heavy atom. The Hall–Kier alpha value is -1.18. The molecule has 0 spiro atoms. The second kappa shape index (κ2) is 24.0. The van der Waals surface area contributed by atoms with Crippen LogP contribution in [0.25, 0.3) is 0 Å². The number of allylic oxidation sites excluding steroid dienone is 1. The summed E-state index contributed by atoms with van der Waals surface area (Å²) in [5, 5.41) is 159. The summed E-state index contributed by atoms with van der Waals surface area (Å²) in [5.74, 6) is 0.926.